The van der Waals surface area contributed by atoms with E-state index in [0.29, 0.717) is 11.0 Å². The molecule has 0 saturated carbocycles. The lowest BCUT2D eigenvalue weighted by atomic mass is 9.93. The number of rotatable bonds is 3. The number of thiocarbonyl (C=S) groups is 1. The van der Waals surface area contributed by atoms with Crippen LogP contribution in [0.1, 0.15) is 49.2 Å². The van der Waals surface area contributed by atoms with Crippen molar-refractivity contribution in [1.29, 1.82) is 0 Å². The lowest BCUT2D eigenvalue weighted by Crippen LogP contribution is -2.19. The van der Waals surface area contributed by atoms with Gasteiger partial charge in [0.25, 0.3) is 0 Å². The van der Waals surface area contributed by atoms with Gasteiger partial charge in [-0.15, -0.1) is 11.3 Å². The van der Waals surface area contributed by atoms with E-state index in [9.17, 15) is 0 Å². The van der Waals surface area contributed by atoms with E-state index in [2.05, 4.69) is 60.7 Å². The second-order valence-corrected chi connectivity index (χ2v) is 8.08. The smallest absolute Gasteiger partial charge is 0.189 e. The molecule has 23 heavy (non-hydrogen) atoms. The first-order valence-corrected chi connectivity index (χ1v) is 9.40. The molecule has 1 heterocycles. The van der Waals surface area contributed by atoms with Crippen LogP contribution in [0.25, 0.3) is 0 Å². The number of thiazole rings is 1. The Morgan fingerprint density at radius 2 is 2.00 bits per heavy atom. The maximum absolute atomic E-state index is 5.41. The summed E-state index contributed by atoms with van der Waals surface area (Å²) < 4.78 is 0. The highest BCUT2D eigenvalue weighted by Gasteiger charge is 2.20. The van der Waals surface area contributed by atoms with Gasteiger partial charge >= 0.3 is 0 Å². The van der Waals surface area contributed by atoms with E-state index in [-0.39, 0.29) is 0 Å². The molecular formula is C18H23N3S2. The largest absolute Gasteiger partial charge is 0.332 e. The molecule has 1 atom stereocenters. The molecule has 3 rings (SSSR count). The van der Waals surface area contributed by atoms with Gasteiger partial charge in [-0.25, -0.2) is 4.98 Å². The minimum Gasteiger partial charge on any atom is -0.332 e. The van der Waals surface area contributed by atoms with E-state index < -0.39 is 0 Å². The summed E-state index contributed by atoms with van der Waals surface area (Å²) in [4.78, 5) is 6.10. The van der Waals surface area contributed by atoms with Crippen LogP contribution < -0.4 is 10.6 Å². The molecule has 0 spiro atoms. The Bertz CT molecular complexity index is 689. The molecule has 1 aromatic heterocycles. The number of hydrogen-bond donors (Lipinski definition) is 2. The number of fused-ring (bicyclic) bond motifs is 1. The van der Waals surface area contributed by atoms with Crippen molar-refractivity contribution in [1.82, 2.24) is 4.98 Å². The highest BCUT2D eigenvalue weighted by molar-refractivity contribution is 7.80. The quantitative estimate of drug-likeness (QED) is 0.750. The van der Waals surface area contributed by atoms with Crippen LogP contribution in [-0.2, 0) is 12.8 Å². The van der Waals surface area contributed by atoms with E-state index >= 15 is 0 Å². The summed E-state index contributed by atoms with van der Waals surface area (Å²) in [5.41, 5.74) is 3.58. The van der Waals surface area contributed by atoms with Gasteiger partial charge in [-0.3, -0.25) is 0 Å². The maximum atomic E-state index is 5.41. The van der Waals surface area contributed by atoms with Gasteiger partial charge in [0.15, 0.2) is 10.2 Å². The van der Waals surface area contributed by atoms with Gasteiger partial charge in [-0.2, -0.15) is 0 Å². The van der Waals surface area contributed by atoms with Crippen LogP contribution in [0.15, 0.2) is 24.3 Å². The fraction of sp³-hybridized carbons (Fsp3) is 0.444. The van der Waals surface area contributed by atoms with Crippen LogP contribution in [0.4, 0.5) is 10.8 Å². The Kier molecular flexibility index (Phi) is 4.97. The molecule has 1 aromatic carbocycles. The van der Waals surface area contributed by atoms with Crippen molar-refractivity contribution in [3.63, 3.8) is 0 Å². The summed E-state index contributed by atoms with van der Waals surface area (Å²) in [7, 11) is 0. The predicted octanol–water partition coefficient (Wildman–Crippen LogP) is 5.20. The predicted molar refractivity (Wildman–Crippen MR) is 104 cm³/mol. The van der Waals surface area contributed by atoms with Crippen molar-refractivity contribution >= 4 is 39.5 Å². The van der Waals surface area contributed by atoms with E-state index in [1.165, 1.54) is 22.6 Å². The Balaban J connectivity index is 1.61. The van der Waals surface area contributed by atoms with Crippen molar-refractivity contribution in [3.8, 4) is 0 Å². The molecule has 3 nitrogen and oxygen atoms in total. The van der Waals surface area contributed by atoms with Gasteiger partial charge in [0.1, 0.15) is 0 Å². The second kappa shape index (κ2) is 6.97. The molecule has 2 aromatic rings. The number of hydrogen-bond acceptors (Lipinski definition) is 3. The molecule has 0 radical (unpaired) electrons. The van der Waals surface area contributed by atoms with Gasteiger partial charge in [-0.1, -0.05) is 32.9 Å². The summed E-state index contributed by atoms with van der Waals surface area (Å²) in [6, 6.07) is 8.41. The Hall–Kier alpha value is -1.46. The lowest BCUT2D eigenvalue weighted by molar-refractivity contribution is 0.502. The number of nitrogens with zero attached hydrogens (tertiary/aromatic N) is 1. The molecule has 1 aliphatic rings. The second-order valence-electron chi connectivity index (χ2n) is 6.59. The number of nitrogens with one attached hydrogen (secondary N) is 2. The molecule has 0 amide bonds. The van der Waals surface area contributed by atoms with Crippen LogP contribution in [-0.4, -0.2) is 10.1 Å². The average molecular weight is 346 g/mol. The summed E-state index contributed by atoms with van der Waals surface area (Å²) in [5, 5.41) is 7.96. The van der Waals surface area contributed by atoms with Crippen LogP contribution >= 0.6 is 23.6 Å². The zero-order valence-corrected chi connectivity index (χ0v) is 15.5. The number of aromatic nitrogens is 1. The summed E-state index contributed by atoms with van der Waals surface area (Å²) in [5.74, 6) is 1.30. The third-order valence-electron chi connectivity index (χ3n) is 4.24. The zero-order valence-electron chi connectivity index (χ0n) is 13.8. The fourth-order valence-corrected chi connectivity index (χ4v) is 4.26. The molecule has 0 bridgehead atoms. The normalized spacial score (nSPS) is 17.0. The first kappa shape index (κ1) is 16.4. The SMILES string of the molecule is CC1CCc2nc(NC(=S)Nc3ccc(C(C)C)cc3)sc2C1. The number of aryl methyl sites for hydroxylation is 1. The minimum atomic E-state index is 0.540. The molecule has 0 aliphatic heterocycles. The lowest BCUT2D eigenvalue weighted by Gasteiger charge is -2.15. The monoisotopic (exact) mass is 345 g/mol. The van der Waals surface area contributed by atoms with Crippen molar-refractivity contribution in [2.75, 3.05) is 10.6 Å². The van der Waals surface area contributed by atoms with E-state index in [4.69, 9.17) is 12.2 Å². The standard InChI is InChI=1S/C18H23N3S2/c1-11(2)13-5-7-14(8-6-13)19-17(22)21-18-20-15-9-4-12(3)10-16(15)23-18/h5-8,11-12H,4,9-10H2,1-3H3,(H2,19,20,21,22). The zero-order chi connectivity index (χ0) is 16.4. The third kappa shape index (κ3) is 4.09. The van der Waals surface area contributed by atoms with Crippen molar-refractivity contribution in [3.05, 3.63) is 40.4 Å². The highest BCUT2D eigenvalue weighted by atomic mass is 32.1. The van der Waals surface area contributed by atoms with Crippen LogP contribution in [0, 0.1) is 5.92 Å². The summed E-state index contributed by atoms with van der Waals surface area (Å²) in [6.45, 7) is 6.70. The summed E-state index contributed by atoms with van der Waals surface area (Å²) >= 11 is 7.15. The molecule has 1 aliphatic carbocycles. The molecule has 0 saturated heterocycles. The fourth-order valence-electron chi connectivity index (χ4n) is 2.80. The molecule has 5 heteroatoms. The Morgan fingerprint density at radius 1 is 1.26 bits per heavy atom. The Morgan fingerprint density at radius 3 is 2.70 bits per heavy atom. The van der Waals surface area contributed by atoms with Crippen molar-refractivity contribution < 1.29 is 0 Å². The maximum Gasteiger partial charge on any atom is 0.189 e. The third-order valence-corrected chi connectivity index (χ3v) is 5.48. The van der Waals surface area contributed by atoms with Crippen LogP contribution in [0.2, 0.25) is 0 Å². The Labute approximate surface area is 147 Å². The van der Waals surface area contributed by atoms with Crippen LogP contribution in [0.3, 0.4) is 0 Å². The van der Waals surface area contributed by atoms with Gasteiger partial charge < -0.3 is 10.6 Å². The number of benzene rings is 1. The van der Waals surface area contributed by atoms with E-state index in [1.54, 1.807) is 11.3 Å². The van der Waals surface area contributed by atoms with Crippen molar-refractivity contribution in [2.24, 2.45) is 5.92 Å². The molecule has 2 N–H and O–H groups in total. The topological polar surface area (TPSA) is 37.0 Å². The van der Waals surface area contributed by atoms with Gasteiger partial charge in [0.2, 0.25) is 0 Å². The number of anilines is 2. The van der Waals surface area contributed by atoms with Crippen molar-refractivity contribution in [2.45, 2.75) is 46.0 Å². The first-order chi connectivity index (χ1) is 11.0. The molecule has 122 valence electrons. The average Bonchev–Trinajstić information content (AvgIpc) is 2.88. The molecule has 1 unspecified atom stereocenters. The minimum absolute atomic E-state index is 0.540. The van der Waals surface area contributed by atoms with E-state index in [0.717, 1.165) is 29.6 Å². The van der Waals surface area contributed by atoms with Gasteiger partial charge in [-0.05, 0) is 61.0 Å². The van der Waals surface area contributed by atoms with Gasteiger partial charge in [0.05, 0.1) is 5.69 Å². The highest BCUT2D eigenvalue weighted by Crippen LogP contribution is 2.32. The molecule has 0 fully saturated rings. The first-order valence-electron chi connectivity index (χ1n) is 8.18. The van der Waals surface area contributed by atoms with Gasteiger partial charge in [0, 0.05) is 10.6 Å². The molecular weight excluding hydrogens is 322 g/mol. The van der Waals surface area contributed by atoms with E-state index in [1.807, 2.05) is 0 Å². The summed E-state index contributed by atoms with van der Waals surface area (Å²) in [6.07, 6.45) is 3.47. The van der Waals surface area contributed by atoms with Crippen LogP contribution in [0.5, 0.6) is 0 Å².